The molecule has 1 aliphatic carbocycles. The van der Waals surface area contributed by atoms with Crippen molar-refractivity contribution < 1.29 is 9.53 Å². The maximum Gasteiger partial charge on any atom is 0.316 e. The van der Waals surface area contributed by atoms with Crippen molar-refractivity contribution in [1.29, 1.82) is 0 Å². The number of rotatable bonds is 4. The van der Waals surface area contributed by atoms with E-state index in [2.05, 4.69) is 30.7 Å². The number of aromatic amines is 1. The molecule has 2 aromatic heterocycles. The second kappa shape index (κ2) is 7.11. The molecule has 2 heterocycles. The second-order valence-corrected chi connectivity index (χ2v) is 9.50. The summed E-state index contributed by atoms with van der Waals surface area (Å²) >= 11 is 2.85. The lowest BCUT2D eigenvalue weighted by Gasteiger charge is -2.33. The minimum absolute atomic E-state index is 0.0944. The Kier molecular flexibility index (Phi) is 5.25. The summed E-state index contributed by atoms with van der Waals surface area (Å²) in [5, 5.41) is 1.23. The van der Waals surface area contributed by atoms with Crippen LogP contribution in [0.3, 0.4) is 0 Å². The van der Waals surface area contributed by atoms with Crippen LogP contribution in [0.2, 0.25) is 0 Å². The zero-order valence-electron chi connectivity index (χ0n) is 15.1. The molecule has 0 saturated carbocycles. The number of thiophene rings is 1. The van der Waals surface area contributed by atoms with Crippen molar-refractivity contribution in [3.8, 4) is 0 Å². The summed E-state index contributed by atoms with van der Waals surface area (Å²) in [4.78, 5) is 33.5. The summed E-state index contributed by atoms with van der Waals surface area (Å²) < 4.78 is 4.91. The highest BCUT2D eigenvalue weighted by Gasteiger charge is 2.31. The Hall–Kier alpha value is -1.34. The lowest BCUT2D eigenvalue weighted by Crippen LogP contribution is -2.26. The van der Waals surface area contributed by atoms with Gasteiger partial charge in [-0.15, -0.1) is 11.3 Å². The van der Waals surface area contributed by atoms with Crippen LogP contribution >= 0.6 is 23.1 Å². The number of H-pyrrole nitrogens is 1. The smallest absolute Gasteiger partial charge is 0.316 e. The van der Waals surface area contributed by atoms with Crippen molar-refractivity contribution in [1.82, 2.24) is 9.97 Å². The first-order valence-corrected chi connectivity index (χ1v) is 10.4. The Labute approximate surface area is 155 Å². The van der Waals surface area contributed by atoms with Crippen LogP contribution in [0.5, 0.6) is 0 Å². The van der Waals surface area contributed by atoms with Crippen molar-refractivity contribution in [2.24, 2.45) is 11.3 Å². The van der Waals surface area contributed by atoms with Gasteiger partial charge in [0.15, 0.2) is 5.16 Å². The molecule has 0 fully saturated rings. The molecule has 1 aliphatic rings. The lowest BCUT2D eigenvalue weighted by molar-refractivity contribution is -0.139. The maximum absolute atomic E-state index is 12.6. The van der Waals surface area contributed by atoms with Crippen LogP contribution in [0, 0.1) is 11.3 Å². The van der Waals surface area contributed by atoms with Crippen LogP contribution in [0.15, 0.2) is 9.95 Å². The Bertz CT molecular complexity index is 848. The van der Waals surface area contributed by atoms with Gasteiger partial charge in [0.1, 0.15) is 4.83 Å². The predicted octanol–water partition coefficient (Wildman–Crippen LogP) is 3.79. The average Bonchev–Trinajstić information content (AvgIpc) is 2.90. The summed E-state index contributed by atoms with van der Waals surface area (Å²) in [6.45, 7) is 8.98. The highest BCUT2D eigenvalue weighted by Crippen LogP contribution is 2.42. The van der Waals surface area contributed by atoms with E-state index in [1.807, 2.05) is 0 Å². The van der Waals surface area contributed by atoms with Gasteiger partial charge in [-0.25, -0.2) is 4.98 Å². The number of fused-ring (bicyclic) bond motifs is 3. The van der Waals surface area contributed by atoms with Gasteiger partial charge in [0, 0.05) is 4.88 Å². The Morgan fingerprint density at radius 1 is 1.44 bits per heavy atom. The maximum atomic E-state index is 12.6. The first-order valence-electron chi connectivity index (χ1n) is 8.62. The number of nitrogens with zero attached hydrogens (tertiary/aromatic N) is 1. The van der Waals surface area contributed by atoms with Crippen molar-refractivity contribution in [3.05, 3.63) is 20.8 Å². The number of ether oxygens (including phenoxy) is 1. The number of hydrogen-bond donors (Lipinski definition) is 1. The van der Waals surface area contributed by atoms with Crippen LogP contribution < -0.4 is 5.56 Å². The molecule has 0 radical (unpaired) electrons. The number of carbonyl (C=O) groups is 1. The molecule has 25 heavy (non-hydrogen) atoms. The van der Waals surface area contributed by atoms with Crippen LogP contribution in [-0.2, 0) is 22.4 Å². The molecule has 0 bridgehead atoms. The monoisotopic (exact) mass is 380 g/mol. The summed E-state index contributed by atoms with van der Waals surface area (Å²) in [5.41, 5.74) is 1.35. The van der Waals surface area contributed by atoms with E-state index >= 15 is 0 Å². The van der Waals surface area contributed by atoms with Crippen molar-refractivity contribution in [2.45, 2.75) is 52.1 Å². The fourth-order valence-corrected chi connectivity index (χ4v) is 5.32. The van der Waals surface area contributed by atoms with Gasteiger partial charge >= 0.3 is 5.97 Å². The summed E-state index contributed by atoms with van der Waals surface area (Å²) in [6.07, 6.45) is 3.07. The molecule has 0 amide bonds. The topological polar surface area (TPSA) is 72.0 Å². The summed E-state index contributed by atoms with van der Waals surface area (Å²) in [5.74, 6) is 0.484. The highest BCUT2D eigenvalue weighted by molar-refractivity contribution is 7.99. The van der Waals surface area contributed by atoms with Gasteiger partial charge in [-0.05, 0) is 43.1 Å². The Balaban J connectivity index is 1.88. The van der Waals surface area contributed by atoms with Crippen LogP contribution in [0.4, 0.5) is 0 Å². The minimum atomic E-state index is -0.297. The van der Waals surface area contributed by atoms with E-state index in [0.29, 0.717) is 17.7 Å². The molecule has 7 heteroatoms. The van der Waals surface area contributed by atoms with E-state index in [-0.39, 0.29) is 22.7 Å². The van der Waals surface area contributed by atoms with Gasteiger partial charge in [-0.3, -0.25) is 9.59 Å². The largest absolute Gasteiger partial charge is 0.465 e. The predicted molar refractivity (Wildman–Crippen MR) is 103 cm³/mol. The Morgan fingerprint density at radius 3 is 2.88 bits per heavy atom. The highest BCUT2D eigenvalue weighted by atomic mass is 32.2. The van der Waals surface area contributed by atoms with E-state index in [1.54, 1.807) is 18.3 Å². The Morgan fingerprint density at radius 2 is 2.20 bits per heavy atom. The fourth-order valence-electron chi connectivity index (χ4n) is 3.30. The standard InChI is InChI=1S/C18H24N2O3S2/c1-5-23-13(21)9-24-17-19-15(22)14-11-7-6-10(18(2,3)4)8-12(11)25-16(14)20-17/h10H,5-9H2,1-4H3,(H,19,20,22)/t10-/m1/s1. The quantitative estimate of drug-likeness (QED) is 0.496. The number of aromatic nitrogens is 2. The van der Waals surface area contributed by atoms with E-state index in [9.17, 15) is 9.59 Å². The van der Waals surface area contributed by atoms with E-state index in [4.69, 9.17) is 4.74 Å². The number of hydrogen-bond acceptors (Lipinski definition) is 6. The number of carbonyl (C=O) groups excluding carboxylic acids is 1. The molecule has 0 saturated heterocycles. The molecule has 1 atom stereocenters. The third kappa shape index (κ3) is 3.92. The number of thioether (sulfide) groups is 1. The lowest BCUT2D eigenvalue weighted by atomic mass is 9.72. The summed E-state index contributed by atoms with van der Waals surface area (Å²) in [7, 11) is 0. The zero-order chi connectivity index (χ0) is 18.2. The molecule has 0 aliphatic heterocycles. The zero-order valence-corrected chi connectivity index (χ0v) is 16.7. The number of aryl methyl sites for hydroxylation is 1. The molecular formula is C18H24N2O3S2. The van der Waals surface area contributed by atoms with Gasteiger partial charge in [-0.2, -0.15) is 0 Å². The van der Waals surface area contributed by atoms with E-state index in [1.165, 1.54) is 22.2 Å². The molecule has 5 nitrogen and oxygen atoms in total. The van der Waals surface area contributed by atoms with Crippen molar-refractivity contribution in [3.63, 3.8) is 0 Å². The summed E-state index contributed by atoms with van der Waals surface area (Å²) in [6, 6.07) is 0. The van der Waals surface area contributed by atoms with Crippen LogP contribution in [0.1, 0.15) is 44.6 Å². The van der Waals surface area contributed by atoms with Gasteiger partial charge < -0.3 is 9.72 Å². The van der Waals surface area contributed by atoms with Gasteiger partial charge in [0.05, 0.1) is 17.7 Å². The van der Waals surface area contributed by atoms with Crippen molar-refractivity contribution in [2.75, 3.05) is 12.4 Å². The van der Waals surface area contributed by atoms with Gasteiger partial charge in [0.2, 0.25) is 0 Å². The SMILES string of the molecule is CCOC(=O)CSc1nc2sc3c(c2c(=O)[nH]1)CC[C@@H](C(C)(C)C)C3. The first kappa shape index (κ1) is 18.5. The third-order valence-electron chi connectivity index (χ3n) is 4.75. The average molecular weight is 381 g/mol. The molecular weight excluding hydrogens is 356 g/mol. The van der Waals surface area contributed by atoms with Gasteiger partial charge in [0.25, 0.3) is 5.56 Å². The molecule has 0 spiro atoms. The fraction of sp³-hybridized carbons (Fsp3) is 0.611. The van der Waals surface area contributed by atoms with Crippen LogP contribution in [-0.4, -0.2) is 28.3 Å². The van der Waals surface area contributed by atoms with Crippen LogP contribution in [0.25, 0.3) is 10.2 Å². The number of nitrogens with one attached hydrogen (secondary N) is 1. The van der Waals surface area contributed by atoms with E-state index < -0.39 is 0 Å². The molecule has 1 N–H and O–H groups in total. The second-order valence-electron chi connectivity index (χ2n) is 7.45. The molecule has 3 rings (SSSR count). The number of esters is 1. The first-order chi connectivity index (χ1) is 11.8. The molecule has 0 aromatic carbocycles. The minimum Gasteiger partial charge on any atom is -0.465 e. The van der Waals surface area contributed by atoms with Crippen molar-refractivity contribution >= 4 is 39.3 Å². The molecule has 2 aromatic rings. The van der Waals surface area contributed by atoms with Gasteiger partial charge in [-0.1, -0.05) is 32.5 Å². The molecule has 136 valence electrons. The third-order valence-corrected chi connectivity index (χ3v) is 6.75. The van der Waals surface area contributed by atoms with E-state index in [0.717, 1.165) is 29.5 Å². The molecule has 0 unspecified atom stereocenters. The normalized spacial score (nSPS) is 17.5.